The van der Waals surface area contributed by atoms with E-state index in [0.717, 1.165) is 0 Å². The second kappa shape index (κ2) is 7.48. The number of carboxylic acids is 1. The maximum atomic E-state index is 13.3. The zero-order valence-electron chi connectivity index (χ0n) is 10.6. The van der Waals surface area contributed by atoms with Gasteiger partial charge < -0.3 is 15.7 Å². The molecule has 0 heterocycles. The van der Waals surface area contributed by atoms with Crippen molar-refractivity contribution >= 4 is 11.9 Å². The molecule has 0 aliphatic carbocycles. The predicted molar refractivity (Wildman–Crippen MR) is 68.2 cm³/mol. The van der Waals surface area contributed by atoms with Crippen LogP contribution < -0.4 is 10.6 Å². The van der Waals surface area contributed by atoms with Gasteiger partial charge in [0.25, 0.3) is 0 Å². The summed E-state index contributed by atoms with van der Waals surface area (Å²) < 4.78 is 13.3. The zero-order valence-corrected chi connectivity index (χ0v) is 10.6. The average molecular weight is 268 g/mol. The molecule has 1 amide bonds. The van der Waals surface area contributed by atoms with Crippen LogP contribution >= 0.6 is 0 Å². The molecule has 0 aliphatic heterocycles. The van der Waals surface area contributed by atoms with Crippen LogP contribution in [0.5, 0.6) is 0 Å². The Morgan fingerprint density at radius 1 is 1.37 bits per heavy atom. The first-order valence-corrected chi connectivity index (χ1v) is 5.94. The fraction of sp³-hybridized carbons (Fsp3) is 0.385. The minimum Gasteiger partial charge on any atom is -0.480 e. The molecule has 0 aromatic heterocycles. The fourth-order valence-electron chi connectivity index (χ4n) is 1.62. The minimum absolute atomic E-state index is 0.101. The number of nitrogens with one attached hydrogen (secondary N) is 2. The molecule has 3 N–H and O–H groups in total. The third-order valence-electron chi connectivity index (χ3n) is 2.55. The smallest absolute Gasteiger partial charge is 0.327 e. The van der Waals surface area contributed by atoms with E-state index in [9.17, 15) is 14.0 Å². The normalized spacial score (nSPS) is 11.9. The molecule has 1 rings (SSSR count). The number of hydrogen-bond donors (Lipinski definition) is 3. The second-order valence-electron chi connectivity index (χ2n) is 4.14. The Bertz CT molecular complexity index is 451. The largest absolute Gasteiger partial charge is 0.480 e. The van der Waals surface area contributed by atoms with Crippen molar-refractivity contribution in [3.63, 3.8) is 0 Å². The monoisotopic (exact) mass is 268 g/mol. The van der Waals surface area contributed by atoms with Gasteiger partial charge >= 0.3 is 5.97 Å². The highest BCUT2D eigenvalue weighted by atomic mass is 19.1. The van der Waals surface area contributed by atoms with Crippen molar-refractivity contribution in [2.75, 3.05) is 13.1 Å². The van der Waals surface area contributed by atoms with Gasteiger partial charge in [-0.3, -0.25) is 4.79 Å². The summed E-state index contributed by atoms with van der Waals surface area (Å²) in [5, 5.41) is 14.1. The van der Waals surface area contributed by atoms with Gasteiger partial charge in [-0.1, -0.05) is 18.2 Å². The van der Waals surface area contributed by atoms with Crippen LogP contribution in [0.25, 0.3) is 0 Å². The molecule has 0 saturated heterocycles. The summed E-state index contributed by atoms with van der Waals surface area (Å²) in [5.41, 5.74) is 0.571. The van der Waals surface area contributed by atoms with Crippen LogP contribution in [0.4, 0.5) is 4.39 Å². The number of hydrogen-bond acceptors (Lipinski definition) is 3. The van der Waals surface area contributed by atoms with Crippen molar-refractivity contribution in [2.45, 2.75) is 19.4 Å². The van der Waals surface area contributed by atoms with Crippen LogP contribution in [-0.2, 0) is 16.0 Å². The molecular weight excluding hydrogens is 251 g/mol. The lowest BCUT2D eigenvalue weighted by Gasteiger charge is -2.14. The Labute approximate surface area is 110 Å². The highest BCUT2D eigenvalue weighted by Gasteiger charge is 2.17. The molecule has 0 spiro atoms. The van der Waals surface area contributed by atoms with Crippen molar-refractivity contribution in [1.29, 1.82) is 0 Å². The molecule has 0 bridgehead atoms. The third-order valence-corrected chi connectivity index (χ3v) is 2.55. The SMILES string of the molecule is CC(=O)NC(CNCCc1ccccc1F)C(=O)O. The van der Waals surface area contributed by atoms with Crippen LogP contribution in [0, 0.1) is 5.82 Å². The summed E-state index contributed by atoms with van der Waals surface area (Å²) in [6.07, 6.45) is 0.457. The first kappa shape index (κ1) is 15.1. The van der Waals surface area contributed by atoms with Crippen molar-refractivity contribution in [3.8, 4) is 0 Å². The first-order valence-electron chi connectivity index (χ1n) is 5.94. The number of carbonyl (C=O) groups is 2. The Hall–Kier alpha value is -1.95. The quantitative estimate of drug-likeness (QED) is 0.631. The van der Waals surface area contributed by atoms with E-state index in [2.05, 4.69) is 10.6 Å². The summed E-state index contributed by atoms with van der Waals surface area (Å²) in [4.78, 5) is 21.6. The van der Waals surface area contributed by atoms with Crippen LogP contribution in [-0.4, -0.2) is 36.1 Å². The summed E-state index contributed by atoms with van der Waals surface area (Å²) in [6.45, 7) is 1.79. The zero-order chi connectivity index (χ0) is 14.3. The molecule has 6 heteroatoms. The Morgan fingerprint density at radius 3 is 2.63 bits per heavy atom. The van der Waals surface area contributed by atoms with Gasteiger partial charge in [0.1, 0.15) is 11.9 Å². The molecule has 0 radical (unpaired) electrons. The molecular formula is C13H17FN2O3. The van der Waals surface area contributed by atoms with E-state index in [1.54, 1.807) is 18.2 Å². The standard InChI is InChI=1S/C13H17FN2O3/c1-9(17)16-12(13(18)19)8-15-7-6-10-4-2-3-5-11(10)14/h2-5,12,15H,6-8H2,1H3,(H,16,17)(H,18,19). The van der Waals surface area contributed by atoms with Crippen molar-refractivity contribution in [3.05, 3.63) is 35.6 Å². The molecule has 1 unspecified atom stereocenters. The Kier molecular flexibility index (Phi) is 5.95. The van der Waals surface area contributed by atoms with E-state index >= 15 is 0 Å². The number of carboxylic acid groups (broad SMARTS) is 1. The minimum atomic E-state index is -1.10. The van der Waals surface area contributed by atoms with Crippen molar-refractivity contribution in [1.82, 2.24) is 10.6 Å². The molecule has 5 nitrogen and oxygen atoms in total. The fourth-order valence-corrected chi connectivity index (χ4v) is 1.62. The van der Waals surface area contributed by atoms with Gasteiger partial charge in [0.15, 0.2) is 0 Å². The maximum Gasteiger partial charge on any atom is 0.327 e. The molecule has 1 atom stereocenters. The number of amides is 1. The Morgan fingerprint density at radius 2 is 2.05 bits per heavy atom. The third kappa shape index (κ3) is 5.48. The molecule has 0 aliphatic rings. The van der Waals surface area contributed by atoms with Gasteiger partial charge in [-0.05, 0) is 24.6 Å². The van der Waals surface area contributed by atoms with Gasteiger partial charge in [0.2, 0.25) is 5.91 Å². The number of rotatable bonds is 7. The van der Waals surface area contributed by atoms with Gasteiger partial charge in [-0.15, -0.1) is 0 Å². The van der Waals surface area contributed by atoms with Gasteiger partial charge in [0, 0.05) is 13.5 Å². The maximum absolute atomic E-state index is 13.3. The van der Waals surface area contributed by atoms with E-state index in [-0.39, 0.29) is 12.4 Å². The molecule has 104 valence electrons. The highest BCUT2D eigenvalue weighted by molar-refractivity contribution is 5.82. The van der Waals surface area contributed by atoms with Gasteiger partial charge in [-0.2, -0.15) is 0 Å². The molecule has 0 saturated carbocycles. The predicted octanol–water partition coefficient (Wildman–Crippen LogP) is 0.547. The van der Waals surface area contributed by atoms with E-state index in [1.807, 2.05) is 0 Å². The van der Waals surface area contributed by atoms with Crippen LogP contribution in [0.1, 0.15) is 12.5 Å². The number of halogens is 1. The average Bonchev–Trinajstić information content (AvgIpc) is 2.34. The Balaban J connectivity index is 2.35. The van der Waals surface area contributed by atoms with E-state index < -0.39 is 17.9 Å². The lowest BCUT2D eigenvalue weighted by Crippen LogP contribution is -2.46. The second-order valence-corrected chi connectivity index (χ2v) is 4.14. The lowest BCUT2D eigenvalue weighted by molar-refractivity contribution is -0.141. The number of carbonyl (C=O) groups excluding carboxylic acids is 1. The van der Waals surface area contributed by atoms with Crippen LogP contribution in [0.2, 0.25) is 0 Å². The van der Waals surface area contributed by atoms with Gasteiger partial charge in [0.05, 0.1) is 0 Å². The van der Waals surface area contributed by atoms with E-state index in [4.69, 9.17) is 5.11 Å². The van der Waals surface area contributed by atoms with E-state index in [0.29, 0.717) is 18.5 Å². The summed E-state index contributed by atoms with van der Waals surface area (Å²) >= 11 is 0. The number of benzene rings is 1. The summed E-state index contributed by atoms with van der Waals surface area (Å²) in [7, 11) is 0. The van der Waals surface area contributed by atoms with E-state index in [1.165, 1.54) is 13.0 Å². The van der Waals surface area contributed by atoms with Gasteiger partial charge in [-0.25, -0.2) is 9.18 Å². The molecule has 1 aromatic carbocycles. The number of aliphatic carboxylic acids is 1. The highest BCUT2D eigenvalue weighted by Crippen LogP contribution is 2.05. The topological polar surface area (TPSA) is 78.4 Å². The van der Waals surface area contributed by atoms with Crippen LogP contribution in [0.15, 0.2) is 24.3 Å². The molecule has 1 aromatic rings. The first-order chi connectivity index (χ1) is 9.00. The van der Waals surface area contributed by atoms with Crippen LogP contribution in [0.3, 0.4) is 0 Å². The van der Waals surface area contributed by atoms with Crippen molar-refractivity contribution < 1.29 is 19.1 Å². The molecule has 19 heavy (non-hydrogen) atoms. The van der Waals surface area contributed by atoms with Crippen molar-refractivity contribution in [2.24, 2.45) is 0 Å². The summed E-state index contributed by atoms with van der Waals surface area (Å²) in [5.74, 6) is -1.78. The lowest BCUT2D eigenvalue weighted by atomic mass is 10.1. The summed E-state index contributed by atoms with van der Waals surface area (Å²) in [6, 6.07) is 5.45. The molecule has 0 fully saturated rings.